The van der Waals surface area contributed by atoms with Crippen molar-refractivity contribution in [2.24, 2.45) is 0 Å². The molecule has 2 aromatic rings. The van der Waals surface area contributed by atoms with Crippen molar-refractivity contribution in [2.45, 2.75) is 29.8 Å². The van der Waals surface area contributed by atoms with Crippen LogP contribution in [0.2, 0.25) is 0 Å². The number of nitrogens with zero attached hydrogens (tertiary/aromatic N) is 2. The van der Waals surface area contributed by atoms with Crippen LogP contribution in [-0.2, 0) is 10.0 Å². The van der Waals surface area contributed by atoms with Crippen LogP contribution in [0.25, 0.3) is 0 Å². The molecular weight excluding hydrogens is 348 g/mol. The van der Waals surface area contributed by atoms with Gasteiger partial charge < -0.3 is 4.74 Å². The molecule has 26 heavy (non-hydrogen) atoms. The van der Waals surface area contributed by atoms with Crippen LogP contribution in [0.5, 0.6) is 5.75 Å². The average Bonchev–Trinajstić information content (AvgIpc) is 3.53. The monoisotopic (exact) mass is 372 g/mol. The molecule has 1 aliphatic heterocycles. The zero-order chi connectivity index (χ0) is 18.1. The lowest BCUT2D eigenvalue weighted by atomic mass is 10.0. The molecule has 0 amide bonds. The number of rotatable bonds is 5. The first-order valence-electron chi connectivity index (χ1n) is 9.04. The van der Waals surface area contributed by atoms with Gasteiger partial charge in [0.15, 0.2) is 0 Å². The Hall–Kier alpha value is -1.89. The molecule has 4 rings (SSSR count). The quantitative estimate of drug-likeness (QED) is 0.810. The van der Waals surface area contributed by atoms with E-state index < -0.39 is 10.0 Å². The van der Waals surface area contributed by atoms with Gasteiger partial charge in [0, 0.05) is 31.7 Å². The molecule has 5 nitrogen and oxygen atoms in total. The highest BCUT2D eigenvalue weighted by Gasteiger charge is 2.41. The van der Waals surface area contributed by atoms with Crippen LogP contribution in [0.15, 0.2) is 59.5 Å². The molecule has 1 saturated carbocycles. The number of ether oxygens (including phenoxy) is 1. The lowest BCUT2D eigenvalue weighted by molar-refractivity contribution is 0.128. The lowest BCUT2D eigenvalue weighted by Crippen LogP contribution is -2.51. The number of methoxy groups -OCH3 is 1. The van der Waals surface area contributed by atoms with Gasteiger partial charge in [0.1, 0.15) is 5.75 Å². The average molecular weight is 372 g/mol. The molecule has 1 aliphatic carbocycles. The SMILES string of the molecule is COc1cccc(S(=O)(=O)N2CCN(C3CC3)CC2c2ccccc2)c1. The maximum absolute atomic E-state index is 13.4. The van der Waals surface area contributed by atoms with Crippen LogP contribution in [-0.4, -0.2) is 50.4 Å². The Bertz CT molecular complexity index is 866. The first kappa shape index (κ1) is 17.5. The van der Waals surface area contributed by atoms with E-state index in [9.17, 15) is 8.42 Å². The molecule has 2 fully saturated rings. The third-order valence-electron chi connectivity index (χ3n) is 5.26. The molecule has 2 aliphatic rings. The standard InChI is InChI=1S/C20H24N2O3S/c1-25-18-8-5-9-19(14-18)26(23,24)22-13-12-21(17-10-11-17)15-20(22)16-6-3-2-4-7-16/h2-9,14,17,20H,10-13,15H2,1H3. The molecule has 1 unspecified atom stereocenters. The van der Waals surface area contributed by atoms with Crippen LogP contribution < -0.4 is 4.74 Å². The predicted octanol–water partition coefficient (Wildman–Crippen LogP) is 2.91. The summed E-state index contributed by atoms with van der Waals surface area (Å²) in [5.41, 5.74) is 1.05. The van der Waals surface area contributed by atoms with Crippen molar-refractivity contribution >= 4 is 10.0 Å². The third kappa shape index (κ3) is 3.37. The van der Waals surface area contributed by atoms with Crippen molar-refractivity contribution in [1.29, 1.82) is 0 Å². The van der Waals surface area contributed by atoms with E-state index in [2.05, 4.69) is 4.90 Å². The molecule has 2 aromatic carbocycles. The van der Waals surface area contributed by atoms with Gasteiger partial charge in [-0.2, -0.15) is 4.31 Å². The number of hydrogen-bond acceptors (Lipinski definition) is 4. The van der Waals surface area contributed by atoms with Gasteiger partial charge in [0.2, 0.25) is 10.0 Å². The molecule has 1 saturated heterocycles. The summed E-state index contributed by atoms with van der Waals surface area (Å²) in [4.78, 5) is 2.73. The summed E-state index contributed by atoms with van der Waals surface area (Å²) in [6, 6.07) is 17.2. The fourth-order valence-electron chi connectivity index (χ4n) is 3.69. The molecule has 1 atom stereocenters. The molecule has 0 radical (unpaired) electrons. The van der Waals surface area contributed by atoms with Gasteiger partial charge in [-0.25, -0.2) is 8.42 Å². The van der Waals surface area contributed by atoms with E-state index in [4.69, 9.17) is 4.74 Å². The predicted molar refractivity (Wildman–Crippen MR) is 101 cm³/mol. The van der Waals surface area contributed by atoms with E-state index in [-0.39, 0.29) is 10.9 Å². The van der Waals surface area contributed by atoms with Gasteiger partial charge >= 0.3 is 0 Å². The molecule has 138 valence electrons. The van der Waals surface area contributed by atoms with Crippen LogP contribution >= 0.6 is 0 Å². The first-order chi connectivity index (χ1) is 12.6. The fourth-order valence-corrected chi connectivity index (χ4v) is 5.32. The van der Waals surface area contributed by atoms with Gasteiger partial charge in [-0.3, -0.25) is 4.90 Å². The fraction of sp³-hybridized carbons (Fsp3) is 0.400. The largest absolute Gasteiger partial charge is 0.497 e. The zero-order valence-corrected chi connectivity index (χ0v) is 15.7. The van der Waals surface area contributed by atoms with Crippen LogP contribution in [0.3, 0.4) is 0 Å². The summed E-state index contributed by atoms with van der Waals surface area (Å²) in [5.74, 6) is 0.555. The minimum absolute atomic E-state index is 0.165. The highest BCUT2D eigenvalue weighted by atomic mass is 32.2. The topological polar surface area (TPSA) is 49.9 Å². The van der Waals surface area contributed by atoms with Gasteiger partial charge in [-0.15, -0.1) is 0 Å². The van der Waals surface area contributed by atoms with E-state index in [1.165, 1.54) is 12.8 Å². The van der Waals surface area contributed by atoms with Crippen LogP contribution in [0.1, 0.15) is 24.4 Å². The Balaban J connectivity index is 1.69. The summed E-state index contributed by atoms with van der Waals surface area (Å²) in [6.45, 7) is 2.05. The van der Waals surface area contributed by atoms with Gasteiger partial charge in [0.05, 0.1) is 18.0 Å². The summed E-state index contributed by atoms with van der Waals surface area (Å²) >= 11 is 0. The zero-order valence-electron chi connectivity index (χ0n) is 14.9. The lowest BCUT2D eigenvalue weighted by Gasteiger charge is -2.41. The molecule has 0 aromatic heterocycles. The van der Waals surface area contributed by atoms with Crippen LogP contribution in [0.4, 0.5) is 0 Å². The van der Waals surface area contributed by atoms with E-state index in [0.717, 1.165) is 18.7 Å². The highest BCUT2D eigenvalue weighted by Crippen LogP contribution is 2.36. The van der Waals surface area contributed by atoms with Crippen molar-refractivity contribution in [3.63, 3.8) is 0 Å². The molecule has 0 spiro atoms. The number of piperazine rings is 1. The van der Waals surface area contributed by atoms with Crippen LogP contribution in [0, 0.1) is 0 Å². The second kappa shape index (κ2) is 7.02. The number of benzene rings is 2. The van der Waals surface area contributed by atoms with E-state index in [0.29, 0.717) is 18.3 Å². The summed E-state index contributed by atoms with van der Waals surface area (Å²) in [6.07, 6.45) is 2.45. The third-order valence-corrected chi connectivity index (χ3v) is 7.16. The number of sulfonamides is 1. The Labute approximate surface area is 155 Å². The van der Waals surface area contributed by atoms with E-state index >= 15 is 0 Å². The maximum Gasteiger partial charge on any atom is 0.243 e. The minimum Gasteiger partial charge on any atom is -0.497 e. The summed E-state index contributed by atoms with van der Waals surface area (Å²) < 4.78 is 33.6. The van der Waals surface area contributed by atoms with Gasteiger partial charge in [0.25, 0.3) is 0 Å². The van der Waals surface area contributed by atoms with Crippen molar-refractivity contribution in [1.82, 2.24) is 9.21 Å². The second-order valence-corrected chi connectivity index (χ2v) is 8.84. The van der Waals surface area contributed by atoms with Crippen molar-refractivity contribution < 1.29 is 13.2 Å². The Morgan fingerprint density at radius 1 is 1.00 bits per heavy atom. The van der Waals surface area contributed by atoms with E-state index in [1.54, 1.807) is 35.7 Å². The Morgan fingerprint density at radius 3 is 2.46 bits per heavy atom. The summed E-state index contributed by atoms with van der Waals surface area (Å²) in [7, 11) is -2.05. The smallest absolute Gasteiger partial charge is 0.243 e. The number of hydrogen-bond donors (Lipinski definition) is 0. The minimum atomic E-state index is -3.59. The normalized spacial score (nSPS) is 22.3. The Kier molecular flexibility index (Phi) is 4.73. The molecule has 0 bridgehead atoms. The van der Waals surface area contributed by atoms with Gasteiger partial charge in [-0.05, 0) is 30.5 Å². The first-order valence-corrected chi connectivity index (χ1v) is 10.5. The second-order valence-electron chi connectivity index (χ2n) is 6.95. The molecule has 1 heterocycles. The Morgan fingerprint density at radius 2 is 1.77 bits per heavy atom. The van der Waals surface area contributed by atoms with Crippen molar-refractivity contribution in [3.8, 4) is 5.75 Å². The molecular formula is C20H24N2O3S. The molecule has 6 heteroatoms. The van der Waals surface area contributed by atoms with Crippen molar-refractivity contribution in [3.05, 3.63) is 60.2 Å². The maximum atomic E-state index is 13.4. The highest BCUT2D eigenvalue weighted by molar-refractivity contribution is 7.89. The summed E-state index contributed by atoms with van der Waals surface area (Å²) in [5, 5.41) is 0. The molecule has 0 N–H and O–H groups in total. The van der Waals surface area contributed by atoms with Crippen molar-refractivity contribution in [2.75, 3.05) is 26.7 Å². The van der Waals surface area contributed by atoms with Gasteiger partial charge in [-0.1, -0.05) is 36.4 Å². The van der Waals surface area contributed by atoms with E-state index in [1.807, 2.05) is 30.3 Å².